The number of rotatable bonds is 2. The number of nitrogens with zero attached hydrogens (tertiary/aromatic N) is 2. The molecule has 1 unspecified atom stereocenters. The minimum Gasteiger partial charge on any atom is -0.367 e. The van der Waals surface area contributed by atoms with Gasteiger partial charge >= 0.3 is 5.69 Å². The summed E-state index contributed by atoms with van der Waals surface area (Å²) < 4.78 is 7.26. The van der Waals surface area contributed by atoms with E-state index in [0.717, 1.165) is 5.56 Å². The van der Waals surface area contributed by atoms with Crippen LogP contribution in [0.15, 0.2) is 41.3 Å². The zero-order valence-corrected chi connectivity index (χ0v) is 12.7. The third-order valence-corrected chi connectivity index (χ3v) is 4.16. The molecule has 1 fully saturated rings. The van der Waals surface area contributed by atoms with Gasteiger partial charge in [0.05, 0.1) is 13.2 Å². The van der Waals surface area contributed by atoms with Crippen LogP contribution in [-0.4, -0.2) is 40.1 Å². The molecule has 116 valence electrons. The van der Waals surface area contributed by atoms with Crippen molar-refractivity contribution in [1.82, 2.24) is 14.5 Å². The maximum atomic E-state index is 12.6. The van der Waals surface area contributed by atoms with Gasteiger partial charge in [-0.15, -0.1) is 0 Å². The van der Waals surface area contributed by atoms with Crippen LogP contribution in [0.3, 0.4) is 0 Å². The lowest BCUT2D eigenvalue weighted by molar-refractivity contribution is -0.0932. The van der Waals surface area contributed by atoms with E-state index in [-0.39, 0.29) is 11.6 Å². The highest BCUT2D eigenvalue weighted by Gasteiger charge is 2.36. The molecule has 1 aliphatic heterocycles. The Balaban J connectivity index is 1.86. The van der Waals surface area contributed by atoms with Crippen LogP contribution >= 0.6 is 0 Å². The Morgan fingerprint density at radius 1 is 1.32 bits per heavy atom. The fraction of sp³-hybridized carbons (Fsp3) is 0.375. The van der Waals surface area contributed by atoms with Gasteiger partial charge in [0.15, 0.2) is 0 Å². The molecule has 1 aromatic carbocycles. The summed E-state index contributed by atoms with van der Waals surface area (Å²) in [5, 5.41) is 0. The predicted molar refractivity (Wildman–Crippen MR) is 81.7 cm³/mol. The second-order valence-corrected chi connectivity index (χ2v) is 5.71. The molecule has 6 heteroatoms. The van der Waals surface area contributed by atoms with E-state index >= 15 is 0 Å². The number of ether oxygens (including phenoxy) is 1. The monoisotopic (exact) mass is 301 g/mol. The van der Waals surface area contributed by atoms with E-state index in [1.165, 1.54) is 10.8 Å². The number of carbonyl (C=O) groups is 1. The lowest BCUT2D eigenvalue weighted by Gasteiger charge is -2.40. The molecule has 1 saturated heterocycles. The van der Waals surface area contributed by atoms with Crippen molar-refractivity contribution in [2.24, 2.45) is 7.05 Å². The number of H-pyrrole nitrogens is 1. The van der Waals surface area contributed by atoms with Gasteiger partial charge < -0.3 is 14.6 Å². The summed E-state index contributed by atoms with van der Waals surface area (Å²) in [5.41, 5.74) is 0.574. The summed E-state index contributed by atoms with van der Waals surface area (Å²) in [4.78, 5) is 28.4. The van der Waals surface area contributed by atoms with E-state index in [9.17, 15) is 9.59 Å². The third kappa shape index (κ3) is 2.46. The highest BCUT2D eigenvalue weighted by Crippen LogP contribution is 2.29. The smallest absolute Gasteiger partial charge is 0.325 e. The lowest BCUT2D eigenvalue weighted by atomic mass is 9.94. The molecule has 6 nitrogen and oxygen atoms in total. The fourth-order valence-electron chi connectivity index (χ4n) is 2.81. The molecule has 3 rings (SSSR count). The second kappa shape index (κ2) is 5.46. The molecule has 0 bridgehead atoms. The molecule has 0 saturated carbocycles. The van der Waals surface area contributed by atoms with E-state index in [1.54, 1.807) is 11.9 Å². The van der Waals surface area contributed by atoms with Crippen LogP contribution in [-0.2, 0) is 17.4 Å². The molecular formula is C16H19N3O3. The Labute approximate surface area is 128 Å². The first-order chi connectivity index (χ1) is 10.5. The average molecular weight is 301 g/mol. The number of carbonyl (C=O) groups excluding carboxylic acids is 1. The number of nitrogens with one attached hydrogen (secondary N) is 1. The molecule has 0 aliphatic carbocycles. The van der Waals surface area contributed by atoms with Gasteiger partial charge in [0.1, 0.15) is 11.3 Å². The number of hydrogen-bond acceptors (Lipinski definition) is 3. The van der Waals surface area contributed by atoms with Crippen molar-refractivity contribution in [2.45, 2.75) is 12.5 Å². The van der Waals surface area contributed by atoms with Crippen LogP contribution in [0, 0.1) is 0 Å². The molecule has 1 aliphatic rings. The summed E-state index contributed by atoms with van der Waals surface area (Å²) >= 11 is 0. The number of aromatic nitrogens is 2. The van der Waals surface area contributed by atoms with Crippen molar-refractivity contribution in [2.75, 3.05) is 19.7 Å². The second-order valence-electron chi connectivity index (χ2n) is 5.71. The largest absolute Gasteiger partial charge is 0.367 e. The van der Waals surface area contributed by atoms with Gasteiger partial charge in [-0.1, -0.05) is 30.3 Å². The van der Waals surface area contributed by atoms with Gasteiger partial charge in [-0.25, -0.2) is 4.79 Å². The molecule has 0 spiro atoms. The summed E-state index contributed by atoms with van der Waals surface area (Å²) in [6, 6.07) is 9.87. The normalized spacial score (nSPS) is 21.8. The number of amides is 1. The zero-order chi connectivity index (χ0) is 15.7. The van der Waals surface area contributed by atoms with Crippen LogP contribution in [0.4, 0.5) is 0 Å². The third-order valence-electron chi connectivity index (χ3n) is 4.16. The number of benzene rings is 1. The minimum absolute atomic E-state index is 0.161. The Morgan fingerprint density at radius 2 is 2.05 bits per heavy atom. The maximum absolute atomic E-state index is 12.6. The van der Waals surface area contributed by atoms with E-state index in [2.05, 4.69) is 4.98 Å². The van der Waals surface area contributed by atoms with Crippen molar-refractivity contribution < 1.29 is 9.53 Å². The topological polar surface area (TPSA) is 67.3 Å². The number of morpholine rings is 1. The van der Waals surface area contributed by atoms with Gasteiger partial charge in [-0.3, -0.25) is 9.36 Å². The van der Waals surface area contributed by atoms with Crippen LogP contribution in [0.1, 0.15) is 23.0 Å². The Morgan fingerprint density at radius 3 is 2.68 bits per heavy atom. The summed E-state index contributed by atoms with van der Waals surface area (Å²) in [7, 11) is 1.59. The van der Waals surface area contributed by atoms with E-state index < -0.39 is 5.60 Å². The molecule has 2 aromatic rings. The molecule has 1 atom stereocenters. The molecule has 1 aromatic heterocycles. The fourth-order valence-corrected chi connectivity index (χ4v) is 2.81. The predicted octanol–water partition coefficient (Wildman–Crippen LogP) is 1.10. The first-order valence-corrected chi connectivity index (χ1v) is 7.24. The van der Waals surface area contributed by atoms with Gasteiger partial charge in [0.2, 0.25) is 0 Å². The molecule has 22 heavy (non-hydrogen) atoms. The summed E-state index contributed by atoms with van der Waals surface area (Å²) in [5.74, 6) is -0.161. The quantitative estimate of drug-likeness (QED) is 0.903. The van der Waals surface area contributed by atoms with Crippen LogP contribution in [0.2, 0.25) is 0 Å². The summed E-state index contributed by atoms with van der Waals surface area (Å²) in [6.07, 6.45) is 1.46. The van der Waals surface area contributed by atoms with Gasteiger partial charge in [-0.2, -0.15) is 0 Å². The van der Waals surface area contributed by atoms with Crippen molar-refractivity contribution >= 4 is 5.91 Å². The highest BCUT2D eigenvalue weighted by molar-refractivity contribution is 5.92. The van der Waals surface area contributed by atoms with Crippen LogP contribution < -0.4 is 5.69 Å². The zero-order valence-electron chi connectivity index (χ0n) is 12.7. The van der Waals surface area contributed by atoms with Crippen LogP contribution in [0.5, 0.6) is 0 Å². The lowest BCUT2D eigenvalue weighted by Crippen LogP contribution is -2.50. The Hall–Kier alpha value is -2.34. The Kier molecular flexibility index (Phi) is 3.62. The van der Waals surface area contributed by atoms with E-state index in [4.69, 9.17) is 4.74 Å². The molecule has 1 N–H and O–H groups in total. The SMILES string of the molecule is Cn1c(C(=O)N2CCOC(C)(c3ccccc3)C2)c[nH]c1=O. The van der Waals surface area contributed by atoms with E-state index in [1.807, 2.05) is 37.3 Å². The van der Waals surface area contributed by atoms with Gasteiger partial charge in [0, 0.05) is 19.8 Å². The molecule has 2 heterocycles. The Bertz CT molecular complexity index is 735. The summed E-state index contributed by atoms with van der Waals surface area (Å²) in [6.45, 7) is 3.42. The standard InChI is InChI=1S/C16H19N3O3/c1-16(12-6-4-3-5-7-12)11-19(8-9-22-16)14(20)13-10-17-15(21)18(13)2/h3-7,10H,8-9,11H2,1-2H3,(H,17,21). The van der Waals surface area contributed by atoms with E-state index in [0.29, 0.717) is 25.4 Å². The number of aromatic amines is 1. The van der Waals surface area contributed by atoms with Crippen molar-refractivity contribution in [3.05, 3.63) is 58.3 Å². The van der Waals surface area contributed by atoms with Crippen molar-refractivity contribution in [3.8, 4) is 0 Å². The molecular weight excluding hydrogens is 282 g/mol. The number of imidazole rings is 1. The first kappa shape index (κ1) is 14.6. The number of hydrogen-bond donors (Lipinski definition) is 1. The average Bonchev–Trinajstić information content (AvgIpc) is 2.87. The minimum atomic E-state index is -0.537. The van der Waals surface area contributed by atoms with Crippen LogP contribution in [0.25, 0.3) is 0 Å². The highest BCUT2D eigenvalue weighted by atomic mass is 16.5. The van der Waals surface area contributed by atoms with Crippen molar-refractivity contribution in [1.29, 1.82) is 0 Å². The maximum Gasteiger partial charge on any atom is 0.325 e. The van der Waals surface area contributed by atoms with Gasteiger partial charge in [-0.05, 0) is 12.5 Å². The first-order valence-electron chi connectivity index (χ1n) is 7.24. The molecule has 0 radical (unpaired) electrons. The van der Waals surface area contributed by atoms with Crippen molar-refractivity contribution in [3.63, 3.8) is 0 Å². The molecule has 1 amide bonds. The van der Waals surface area contributed by atoms with Gasteiger partial charge in [0.25, 0.3) is 5.91 Å².